The molecule has 0 atom stereocenters. The number of ether oxygens (including phenoxy) is 2. The molecule has 0 fully saturated rings. The molecular weight excluding hydrogens is 617 g/mol. The summed E-state index contributed by atoms with van der Waals surface area (Å²) in [6.45, 7) is 0. The molecule has 236 valence electrons. The molecule has 5 aromatic carbocycles. The topological polar surface area (TPSA) is 70.0 Å². The quantitative estimate of drug-likeness (QED) is 0.179. The third kappa shape index (κ3) is 5.65. The van der Waals surface area contributed by atoms with Crippen LogP contribution in [0.25, 0.3) is 67.3 Å². The van der Waals surface area contributed by atoms with Crippen LogP contribution < -0.4 is 9.47 Å². The average Bonchev–Trinajstić information content (AvgIpc) is 3.20. The third-order valence-electron chi connectivity index (χ3n) is 8.75. The van der Waals surface area contributed by atoms with Crippen LogP contribution in [0.2, 0.25) is 0 Å². The molecular formula is C44H28N4O2. The molecule has 0 bridgehead atoms. The summed E-state index contributed by atoms with van der Waals surface area (Å²) in [5.41, 5.74) is 10.7. The molecule has 0 unspecified atom stereocenters. The fourth-order valence-electron chi connectivity index (χ4n) is 6.23. The molecule has 0 spiro atoms. The number of pyridine rings is 2. The molecule has 0 aliphatic carbocycles. The summed E-state index contributed by atoms with van der Waals surface area (Å²) >= 11 is 0. The Balaban J connectivity index is 1.11. The number of hydrogen-bond donors (Lipinski definition) is 0. The largest absolute Gasteiger partial charge is 0.449 e. The second kappa shape index (κ2) is 12.6. The van der Waals surface area contributed by atoms with Crippen molar-refractivity contribution in [2.45, 2.75) is 0 Å². The smallest absolute Gasteiger partial charge is 0.170 e. The van der Waals surface area contributed by atoms with Gasteiger partial charge in [-0.3, -0.25) is 9.97 Å². The number of aromatic nitrogens is 4. The Morgan fingerprint density at radius 1 is 0.340 bits per heavy atom. The molecule has 3 aromatic heterocycles. The van der Waals surface area contributed by atoms with Gasteiger partial charge in [0.25, 0.3) is 0 Å². The van der Waals surface area contributed by atoms with Crippen LogP contribution in [0.3, 0.4) is 0 Å². The molecule has 0 amide bonds. The van der Waals surface area contributed by atoms with E-state index in [1.165, 1.54) is 5.56 Å². The summed E-state index contributed by atoms with van der Waals surface area (Å²) in [5.74, 6) is 3.13. The first-order chi connectivity index (χ1) is 24.7. The maximum absolute atomic E-state index is 6.57. The van der Waals surface area contributed by atoms with E-state index >= 15 is 0 Å². The van der Waals surface area contributed by atoms with Crippen molar-refractivity contribution >= 4 is 0 Å². The molecule has 4 heterocycles. The molecule has 9 rings (SSSR count). The van der Waals surface area contributed by atoms with Gasteiger partial charge < -0.3 is 9.47 Å². The Hall–Kier alpha value is -6.92. The van der Waals surface area contributed by atoms with E-state index in [9.17, 15) is 0 Å². The third-order valence-corrected chi connectivity index (χ3v) is 8.75. The predicted octanol–water partition coefficient (Wildman–Crippen LogP) is 11.2. The molecule has 50 heavy (non-hydrogen) atoms. The van der Waals surface area contributed by atoms with Gasteiger partial charge in [0.05, 0.1) is 11.4 Å². The maximum atomic E-state index is 6.57. The first-order valence-electron chi connectivity index (χ1n) is 16.3. The number of fused-ring (bicyclic) bond motifs is 2. The zero-order valence-corrected chi connectivity index (χ0v) is 26.8. The fraction of sp³-hybridized carbons (Fsp3) is 0. The SMILES string of the molecule is c1ccc(-c2ccc(-c3cc(-c4ccc5c(c4)Oc4cc(-c6cccnc6)c(-c6cccnc6)cc4O5)nc(-c4ccccc4)n3)cc2)cc1. The van der Waals surface area contributed by atoms with E-state index in [0.717, 1.165) is 55.9 Å². The van der Waals surface area contributed by atoms with Crippen molar-refractivity contribution in [3.05, 3.63) is 170 Å². The Kier molecular flexibility index (Phi) is 7.37. The number of benzene rings is 5. The minimum absolute atomic E-state index is 0.606. The highest BCUT2D eigenvalue weighted by Crippen LogP contribution is 2.50. The maximum Gasteiger partial charge on any atom is 0.170 e. The van der Waals surface area contributed by atoms with Crippen LogP contribution in [0.15, 0.2) is 170 Å². The van der Waals surface area contributed by atoms with E-state index in [1.54, 1.807) is 12.4 Å². The van der Waals surface area contributed by atoms with Crippen molar-refractivity contribution in [3.8, 4) is 90.3 Å². The summed E-state index contributed by atoms with van der Waals surface area (Å²) in [7, 11) is 0. The zero-order chi connectivity index (χ0) is 33.3. The highest BCUT2D eigenvalue weighted by molar-refractivity contribution is 5.86. The summed E-state index contributed by atoms with van der Waals surface area (Å²) in [4.78, 5) is 18.8. The Labute approximate surface area is 289 Å². The Morgan fingerprint density at radius 2 is 0.820 bits per heavy atom. The summed E-state index contributed by atoms with van der Waals surface area (Å²) < 4.78 is 13.0. The lowest BCUT2D eigenvalue weighted by molar-refractivity contribution is 0.360. The van der Waals surface area contributed by atoms with Gasteiger partial charge in [-0.15, -0.1) is 0 Å². The van der Waals surface area contributed by atoms with Crippen molar-refractivity contribution in [2.24, 2.45) is 0 Å². The Bertz CT molecular complexity index is 2450. The molecule has 6 heteroatoms. The van der Waals surface area contributed by atoms with Gasteiger partial charge in [0.2, 0.25) is 0 Å². The number of hydrogen-bond acceptors (Lipinski definition) is 6. The molecule has 0 saturated carbocycles. The lowest BCUT2D eigenvalue weighted by Crippen LogP contribution is -2.01. The Morgan fingerprint density at radius 3 is 1.42 bits per heavy atom. The van der Waals surface area contributed by atoms with Crippen molar-refractivity contribution in [3.63, 3.8) is 0 Å². The van der Waals surface area contributed by atoms with Crippen LogP contribution in [0, 0.1) is 0 Å². The number of rotatable bonds is 6. The van der Waals surface area contributed by atoms with E-state index in [-0.39, 0.29) is 0 Å². The molecule has 0 radical (unpaired) electrons. The zero-order valence-electron chi connectivity index (χ0n) is 26.8. The van der Waals surface area contributed by atoms with Gasteiger partial charge >= 0.3 is 0 Å². The predicted molar refractivity (Wildman–Crippen MR) is 197 cm³/mol. The van der Waals surface area contributed by atoms with Gasteiger partial charge in [0.1, 0.15) is 0 Å². The summed E-state index contributed by atoms with van der Waals surface area (Å²) in [6.07, 6.45) is 7.24. The standard InChI is InChI=1S/C44H28N4O2/c1-3-9-29(10-4-1)30-15-17-31(18-16-30)38-26-39(48-44(47-38)32-11-5-2-6-12-32)33-19-20-40-41(23-33)50-43-25-37(35-14-8-22-46-28-35)36(24-42(43)49-40)34-13-7-21-45-27-34/h1-28H. The molecule has 0 N–H and O–H groups in total. The molecule has 1 aliphatic heterocycles. The lowest BCUT2D eigenvalue weighted by atomic mass is 9.95. The molecule has 8 aromatic rings. The monoisotopic (exact) mass is 644 g/mol. The van der Waals surface area contributed by atoms with Gasteiger partial charge in [-0.1, -0.05) is 97.1 Å². The van der Waals surface area contributed by atoms with Crippen molar-refractivity contribution < 1.29 is 9.47 Å². The van der Waals surface area contributed by atoms with Crippen LogP contribution >= 0.6 is 0 Å². The van der Waals surface area contributed by atoms with Crippen molar-refractivity contribution in [2.75, 3.05) is 0 Å². The van der Waals surface area contributed by atoms with Crippen LogP contribution in [0.5, 0.6) is 23.0 Å². The van der Waals surface area contributed by atoms with E-state index in [4.69, 9.17) is 19.4 Å². The summed E-state index contributed by atoms with van der Waals surface area (Å²) in [5, 5.41) is 0. The molecule has 0 saturated heterocycles. The fourth-order valence-corrected chi connectivity index (χ4v) is 6.23. The first-order valence-corrected chi connectivity index (χ1v) is 16.3. The second-order valence-corrected chi connectivity index (χ2v) is 12.0. The van der Waals surface area contributed by atoms with E-state index in [0.29, 0.717) is 28.8 Å². The normalized spacial score (nSPS) is 11.5. The van der Waals surface area contributed by atoms with Crippen LogP contribution in [0.1, 0.15) is 0 Å². The van der Waals surface area contributed by atoms with E-state index in [1.807, 2.05) is 109 Å². The number of nitrogens with zero attached hydrogens (tertiary/aromatic N) is 4. The van der Waals surface area contributed by atoms with Gasteiger partial charge in [-0.2, -0.15) is 0 Å². The molecule has 1 aliphatic rings. The van der Waals surface area contributed by atoms with E-state index in [2.05, 4.69) is 58.5 Å². The molecule has 6 nitrogen and oxygen atoms in total. The van der Waals surface area contributed by atoms with Gasteiger partial charge in [0.15, 0.2) is 28.8 Å². The van der Waals surface area contributed by atoms with Crippen LogP contribution in [-0.4, -0.2) is 19.9 Å². The minimum atomic E-state index is 0.606. The highest BCUT2D eigenvalue weighted by atomic mass is 16.6. The highest BCUT2D eigenvalue weighted by Gasteiger charge is 2.24. The van der Waals surface area contributed by atoms with E-state index < -0.39 is 0 Å². The lowest BCUT2D eigenvalue weighted by Gasteiger charge is -2.23. The van der Waals surface area contributed by atoms with Crippen LogP contribution in [-0.2, 0) is 0 Å². The van der Waals surface area contributed by atoms with Gasteiger partial charge in [-0.05, 0) is 70.8 Å². The summed E-state index contributed by atoms with van der Waals surface area (Å²) in [6, 6.07) is 48.8. The van der Waals surface area contributed by atoms with Gasteiger partial charge in [-0.25, -0.2) is 9.97 Å². The average molecular weight is 645 g/mol. The van der Waals surface area contributed by atoms with Crippen LogP contribution in [0.4, 0.5) is 0 Å². The first kappa shape index (κ1) is 29.2. The van der Waals surface area contributed by atoms with Gasteiger partial charge in [0, 0.05) is 52.6 Å². The van der Waals surface area contributed by atoms with Crippen molar-refractivity contribution in [1.29, 1.82) is 0 Å². The second-order valence-electron chi connectivity index (χ2n) is 12.0. The minimum Gasteiger partial charge on any atom is -0.449 e. The van der Waals surface area contributed by atoms with Crippen molar-refractivity contribution in [1.82, 2.24) is 19.9 Å².